The zero-order valence-electron chi connectivity index (χ0n) is 26.0. The van der Waals surface area contributed by atoms with Gasteiger partial charge in [-0.1, -0.05) is 56.3 Å². The summed E-state index contributed by atoms with van der Waals surface area (Å²) in [6.45, 7) is 9.40. The van der Waals surface area contributed by atoms with Crippen LogP contribution in [-0.2, 0) is 30.8 Å². The predicted molar refractivity (Wildman–Crippen MR) is 170 cm³/mol. The number of hydrogen-bond acceptors (Lipinski definition) is 8. The summed E-state index contributed by atoms with van der Waals surface area (Å²) >= 11 is 1.98. The summed E-state index contributed by atoms with van der Waals surface area (Å²) in [6.07, 6.45) is 3.95. The summed E-state index contributed by atoms with van der Waals surface area (Å²) in [5.74, 6) is 1.53. The first-order valence-corrected chi connectivity index (χ1v) is 15.7. The van der Waals surface area contributed by atoms with Crippen LogP contribution >= 0.6 is 11.8 Å². The number of hydrogen-bond donors (Lipinski definition) is 1. The molecule has 0 radical (unpaired) electrons. The molecule has 1 saturated heterocycles. The highest BCUT2D eigenvalue weighted by atomic mass is 32.2. The van der Waals surface area contributed by atoms with Gasteiger partial charge in [0.1, 0.15) is 12.0 Å². The minimum Gasteiger partial charge on any atom is -0.508 e. The first-order chi connectivity index (χ1) is 19.7. The Morgan fingerprint density at radius 1 is 1.07 bits per heavy atom. The highest BCUT2D eigenvalue weighted by Crippen LogP contribution is 2.45. The van der Waals surface area contributed by atoms with Crippen LogP contribution in [-0.4, -0.2) is 106 Å². The highest BCUT2D eigenvalue weighted by Gasteiger charge is 2.39. The molecule has 8 heteroatoms. The van der Waals surface area contributed by atoms with Gasteiger partial charge in [0.15, 0.2) is 6.29 Å². The number of aldehydes is 1. The minimum absolute atomic E-state index is 0.107. The van der Waals surface area contributed by atoms with Gasteiger partial charge < -0.3 is 33.9 Å². The molecule has 1 fully saturated rings. The van der Waals surface area contributed by atoms with E-state index >= 15 is 0 Å². The molecule has 0 saturated carbocycles. The number of carbonyl (C=O) groups excluding carboxylic acids is 1. The number of thioether (sulfide) groups is 1. The first kappa shape index (κ1) is 35.3. The number of phenolic OH excluding ortho intramolecular Hbond substituents is 1. The van der Waals surface area contributed by atoms with Crippen molar-refractivity contribution < 1.29 is 24.1 Å². The number of nitrogens with zero attached hydrogens (tertiary/aromatic N) is 2. The van der Waals surface area contributed by atoms with Crippen LogP contribution in [0.2, 0.25) is 0 Å². The number of aromatic hydroxyl groups is 1. The van der Waals surface area contributed by atoms with E-state index in [2.05, 4.69) is 68.1 Å². The summed E-state index contributed by atoms with van der Waals surface area (Å²) in [6, 6.07) is 16.5. The van der Waals surface area contributed by atoms with Gasteiger partial charge in [-0.2, -0.15) is 11.8 Å². The molecule has 7 nitrogen and oxygen atoms in total. The second-order valence-electron chi connectivity index (χ2n) is 11.0. The Morgan fingerprint density at radius 2 is 1.76 bits per heavy atom. The lowest BCUT2D eigenvalue weighted by Gasteiger charge is -2.42. The number of phenols is 1. The van der Waals surface area contributed by atoms with Crippen molar-refractivity contribution in [1.29, 1.82) is 0 Å². The fourth-order valence-electron chi connectivity index (χ4n) is 5.05. The third-order valence-electron chi connectivity index (χ3n) is 7.57. The average Bonchev–Trinajstić information content (AvgIpc) is 2.98. The third kappa shape index (κ3) is 12.1. The van der Waals surface area contributed by atoms with Crippen LogP contribution in [0.15, 0.2) is 48.5 Å². The largest absolute Gasteiger partial charge is 0.508 e. The number of likely N-dealkylation sites (tertiary alicyclic amines) is 1. The van der Waals surface area contributed by atoms with Crippen molar-refractivity contribution >= 4 is 18.0 Å². The van der Waals surface area contributed by atoms with Crippen LogP contribution < -0.4 is 0 Å². The smallest absolute Gasteiger partial charge is 0.169 e. The molecule has 1 N–H and O–H groups in total. The number of rotatable bonds is 16. The van der Waals surface area contributed by atoms with Crippen molar-refractivity contribution in [1.82, 2.24) is 9.80 Å². The second-order valence-corrected chi connectivity index (χ2v) is 12.7. The van der Waals surface area contributed by atoms with Crippen LogP contribution in [0.1, 0.15) is 49.8 Å². The molecule has 0 aliphatic carbocycles. The lowest BCUT2D eigenvalue weighted by Crippen LogP contribution is -2.41. The van der Waals surface area contributed by atoms with Gasteiger partial charge in [0.25, 0.3) is 0 Å². The number of carbonyl (C=O) groups is 1. The van der Waals surface area contributed by atoms with Gasteiger partial charge in [-0.3, -0.25) is 0 Å². The number of benzene rings is 2. The van der Waals surface area contributed by atoms with E-state index in [9.17, 15) is 9.90 Å². The lowest BCUT2D eigenvalue weighted by atomic mass is 9.67. The Balaban J connectivity index is 0.000000357. The van der Waals surface area contributed by atoms with Gasteiger partial charge in [-0.05, 0) is 68.9 Å². The predicted octanol–water partition coefficient (Wildman–Crippen LogP) is 5.23. The fraction of sp³-hybridized carbons (Fsp3) is 0.606. The van der Waals surface area contributed by atoms with E-state index in [0.717, 1.165) is 68.6 Å². The fourth-order valence-corrected chi connectivity index (χ4v) is 5.94. The summed E-state index contributed by atoms with van der Waals surface area (Å²) in [7, 11) is 7.59. The zero-order valence-corrected chi connectivity index (χ0v) is 26.8. The third-order valence-corrected chi connectivity index (χ3v) is 8.65. The Labute approximate surface area is 252 Å². The molecule has 0 bridgehead atoms. The molecule has 2 aromatic carbocycles. The first-order valence-electron chi connectivity index (χ1n) is 14.7. The van der Waals surface area contributed by atoms with E-state index in [4.69, 9.17) is 14.2 Å². The summed E-state index contributed by atoms with van der Waals surface area (Å²) in [4.78, 5) is 15.0. The van der Waals surface area contributed by atoms with E-state index < -0.39 is 0 Å². The molecule has 0 unspecified atom stereocenters. The number of ether oxygens (including phenoxy) is 3. The Kier molecular flexibility index (Phi) is 16.6. The monoisotopic (exact) mass is 588 g/mol. The van der Waals surface area contributed by atoms with Crippen LogP contribution in [0.3, 0.4) is 0 Å². The number of likely N-dealkylation sites (N-methyl/N-ethyl adjacent to an activating group) is 1. The highest BCUT2D eigenvalue weighted by molar-refractivity contribution is 7.99. The van der Waals surface area contributed by atoms with E-state index in [1.54, 1.807) is 14.2 Å². The summed E-state index contributed by atoms with van der Waals surface area (Å²) in [5.41, 5.74) is 3.29. The molecule has 0 atom stereocenters. The van der Waals surface area contributed by atoms with Gasteiger partial charge >= 0.3 is 0 Å². The number of methoxy groups -OCH3 is 2. The van der Waals surface area contributed by atoms with Crippen LogP contribution in [0, 0.1) is 0 Å². The van der Waals surface area contributed by atoms with Crippen LogP contribution in [0.25, 0.3) is 0 Å². The average molecular weight is 589 g/mol. The van der Waals surface area contributed by atoms with Gasteiger partial charge in [-0.15, -0.1) is 0 Å². The molecule has 1 aliphatic heterocycles. The Hall–Kier alpha value is -1.94. The second kappa shape index (κ2) is 19.3. The minimum atomic E-state index is -0.160. The molecular weight excluding hydrogens is 536 g/mol. The maximum Gasteiger partial charge on any atom is 0.169 e. The maximum absolute atomic E-state index is 10.7. The van der Waals surface area contributed by atoms with Gasteiger partial charge in [0.2, 0.25) is 0 Å². The molecular formula is C33H52N2O5S. The topological polar surface area (TPSA) is 71.5 Å². The normalized spacial score (nSPS) is 15.2. The van der Waals surface area contributed by atoms with E-state index in [-0.39, 0.29) is 11.7 Å². The zero-order chi connectivity index (χ0) is 30.1. The molecule has 1 heterocycles. The van der Waals surface area contributed by atoms with Crippen LogP contribution in [0.5, 0.6) is 5.75 Å². The molecule has 0 spiro atoms. The van der Waals surface area contributed by atoms with Crippen molar-refractivity contribution in [3.8, 4) is 5.75 Å². The SMILES string of the molecule is CN1CCC(c2ccccc2)(c2cc(CCOCCC=O)ccc2O)CC1.COC(CN(C)CCSC(C)C)OC. The van der Waals surface area contributed by atoms with E-state index in [1.165, 1.54) is 5.56 Å². The molecule has 2 aromatic rings. The summed E-state index contributed by atoms with van der Waals surface area (Å²) < 4.78 is 15.8. The molecule has 0 aromatic heterocycles. The Morgan fingerprint density at radius 3 is 2.37 bits per heavy atom. The van der Waals surface area contributed by atoms with E-state index in [0.29, 0.717) is 30.6 Å². The Bertz CT molecular complexity index is 979. The molecule has 0 amide bonds. The van der Waals surface area contributed by atoms with E-state index in [1.807, 2.05) is 30.0 Å². The molecule has 41 heavy (non-hydrogen) atoms. The van der Waals surface area contributed by atoms with Gasteiger partial charge in [0, 0.05) is 50.5 Å². The van der Waals surface area contributed by atoms with Crippen LogP contribution in [0.4, 0.5) is 0 Å². The standard InChI is InChI=1S/C23H29NO3.C10H23NO2S/c1-24-13-11-23(12-14-24,20-6-3-2-4-7-20)21-18-19(8-9-22(21)26)10-17-27-16-5-15-25;1-9(2)14-7-6-11(3)8-10(12-4)13-5/h2-4,6-9,15,18,26H,5,10-14,16-17H2,1H3;9-10H,6-8H2,1-5H3. The lowest BCUT2D eigenvalue weighted by molar-refractivity contribution is -0.113. The van der Waals surface area contributed by atoms with Crippen molar-refractivity contribution in [3.63, 3.8) is 0 Å². The van der Waals surface area contributed by atoms with Crippen molar-refractivity contribution in [3.05, 3.63) is 65.2 Å². The van der Waals surface area contributed by atoms with Crippen molar-refractivity contribution in [2.75, 3.05) is 73.5 Å². The summed E-state index contributed by atoms with van der Waals surface area (Å²) in [5, 5.41) is 11.4. The quantitative estimate of drug-likeness (QED) is 0.162. The molecule has 1 aliphatic rings. The van der Waals surface area contributed by atoms with Gasteiger partial charge in [-0.25, -0.2) is 0 Å². The van der Waals surface area contributed by atoms with Gasteiger partial charge in [0.05, 0.1) is 13.2 Å². The molecule has 230 valence electrons. The van der Waals surface area contributed by atoms with Crippen molar-refractivity contribution in [2.24, 2.45) is 0 Å². The molecule has 3 rings (SSSR count). The number of piperidine rings is 1. The van der Waals surface area contributed by atoms with Crippen molar-refractivity contribution in [2.45, 2.75) is 56.5 Å². The maximum atomic E-state index is 10.7.